The summed E-state index contributed by atoms with van der Waals surface area (Å²) in [5.41, 5.74) is -0.0946. The van der Waals surface area contributed by atoms with Gasteiger partial charge in [-0.3, -0.25) is 4.79 Å². The normalized spacial score (nSPS) is 23.2. The van der Waals surface area contributed by atoms with Crippen LogP contribution >= 0.6 is 0 Å². The zero-order chi connectivity index (χ0) is 14.0. The predicted octanol–water partition coefficient (Wildman–Crippen LogP) is 0.713. The fraction of sp³-hybridized carbons (Fsp3) is 0.385. The topological polar surface area (TPSA) is 69.6 Å². The van der Waals surface area contributed by atoms with Crippen molar-refractivity contribution in [2.24, 2.45) is 0 Å². The van der Waals surface area contributed by atoms with Gasteiger partial charge in [-0.15, -0.1) is 0 Å². The number of piperazine rings is 1. The minimum absolute atomic E-state index is 0.0946. The molecule has 0 aliphatic carbocycles. The predicted molar refractivity (Wildman–Crippen MR) is 66.3 cm³/mol. The number of hydrogen-bond acceptors (Lipinski definition) is 3. The van der Waals surface area contributed by atoms with Gasteiger partial charge in [0.15, 0.2) is 0 Å². The molecule has 102 valence electrons. The molecule has 0 aromatic heterocycles. The highest BCUT2D eigenvalue weighted by Crippen LogP contribution is 2.16. The number of nitrogens with zero attached hydrogens (tertiary/aromatic N) is 1. The van der Waals surface area contributed by atoms with Crippen molar-refractivity contribution in [1.29, 1.82) is 0 Å². The minimum Gasteiger partial charge on any atom is -0.480 e. The highest BCUT2D eigenvalue weighted by molar-refractivity contribution is 5.97. The lowest BCUT2D eigenvalue weighted by molar-refractivity contribution is -0.144. The number of nitrogens with one attached hydrogen (secondary N) is 1. The van der Waals surface area contributed by atoms with Crippen molar-refractivity contribution in [2.75, 3.05) is 13.1 Å². The number of hydrogen-bond donors (Lipinski definition) is 2. The number of aliphatic carboxylic acids is 1. The lowest BCUT2D eigenvalue weighted by Gasteiger charge is -2.38. The Morgan fingerprint density at radius 1 is 1.42 bits per heavy atom. The molecule has 1 amide bonds. The van der Waals surface area contributed by atoms with Crippen LogP contribution in [0.25, 0.3) is 0 Å². The summed E-state index contributed by atoms with van der Waals surface area (Å²) in [5.74, 6) is -2.31. The van der Waals surface area contributed by atoms with Crippen molar-refractivity contribution in [3.05, 3.63) is 35.6 Å². The maximum Gasteiger partial charge on any atom is 0.328 e. The molecule has 1 fully saturated rings. The van der Waals surface area contributed by atoms with Crippen LogP contribution in [0.5, 0.6) is 0 Å². The van der Waals surface area contributed by atoms with Gasteiger partial charge in [0.2, 0.25) is 0 Å². The van der Waals surface area contributed by atoms with E-state index in [4.69, 9.17) is 0 Å². The third-order valence-corrected chi connectivity index (χ3v) is 3.25. The van der Waals surface area contributed by atoms with Crippen molar-refractivity contribution >= 4 is 11.9 Å². The summed E-state index contributed by atoms with van der Waals surface area (Å²) in [6, 6.07) is 4.24. The second kappa shape index (κ2) is 5.36. The van der Waals surface area contributed by atoms with E-state index in [1.807, 2.05) is 0 Å². The molecular formula is C13H15FN2O3. The highest BCUT2D eigenvalue weighted by atomic mass is 19.1. The van der Waals surface area contributed by atoms with Gasteiger partial charge in [-0.2, -0.15) is 0 Å². The Morgan fingerprint density at radius 3 is 2.74 bits per heavy atom. The molecule has 0 bridgehead atoms. The first-order valence-electron chi connectivity index (χ1n) is 6.04. The van der Waals surface area contributed by atoms with Gasteiger partial charge in [0.1, 0.15) is 11.9 Å². The Kier molecular flexibility index (Phi) is 3.80. The summed E-state index contributed by atoms with van der Waals surface area (Å²) in [6.07, 6.45) is 0. The van der Waals surface area contributed by atoms with Crippen molar-refractivity contribution in [3.63, 3.8) is 0 Å². The first-order valence-corrected chi connectivity index (χ1v) is 6.04. The number of carbonyl (C=O) groups is 2. The van der Waals surface area contributed by atoms with Crippen LogP contribution < -0.4 is 5.32 Å². The molecule has 1 aromatic rings. The fourth-order valence-electron chi connectivity index (χ4n) is 2.30. The van der Waals surface area contributed by atoms with Crippen molar-refractivity contribution in [1.82, 2.24) is 10.2 Å². The quantitative estimate of drug-likeness (QED) is 0.827. The van der Waals surface area contributed by atoms with E-state index in [-0.39, 0.29) is 18.2 Å². The first kappa shape index (κ1) is 13.5. The van der Waals surface area contributed by atoms with Gasteiger partial charge in [-0.1, -0.05) is 12.1 Å². The second-order valence-corrected chi connectivity index (χ2v) is 4.50. The molecule has 2 atom stereocenters. The molecule has 0 spiro atoms. The molecule has 1 aromatic carbocycles. The average Bonchev–Trinajstić information content (AvgIpc) is 2.37. The Balaban J connectivity index is 2.31. The van der Waals surface area contributed by atoms with Crippen LogP contribution in [0.1, 0.15) is 17.3 Å². The van der Waals surface area contributed by atoms with Gasteiger partial charge in [0.25, 0.3) is 5.91 Å². The molecule has 1 aliphatic rings. The number of carbonyl (C=O) groups excluding carboxylic acids is 1. The number of carboxylic acid groups (broad SMARTS) is 1. The van der Waals surface area contributed by atoms with Crippen molar-refractivity contribution in [3.8, 4) is 0 Å². The number of halogens is 1. The standard InChI is InChI=1S/C13H15FN2O3/c1-8-11(13(18)19)16(7-6-15-8)12(17)9-4-2-3-5-10(9)14/h2-5,8,11,15H,6-7H2,1H3,(H,18,19). The van der Waals surface area contributed by atoms with E-state index in [0.29, 0.717) is 6.54 Å². The SMILES string of the molecule is CC1NCCN(C(=O)c2ccccc2F)C1C(=O)O. The molecule has 5 nitrogen and oxygen atoms in total. The van der Waals surface area contributed by atoms with E-state index >= 15 is 0 Å². The summed E-state index contributed by atoms with van der Waals surface area (Å²) < 4.78 is 13.6. The number of carboxylic acids is 1. The third-order valence-electron chi connectivity index (χ3n) is 3.25. The smallest absolute Gasteiger partial charge is 0.328 e. The van der Waals surface area contributed by atoms with Crippen molar-refractivity contribution in [2.45, 2.75) is 19.0 Å². The molecule has 1 saturated heterocycles. The number of amides is 1. The monoisotopic (exact) mass is 266 g/mol. The lowest BCUT2D eigenvalue weighted by atomic mass is 10.0. The summed E-state index contributed by atoms with van der Waals surface area (Å²) in [7, 11) is 0. The van der Waals surface area contributed by atoms with Crippen LogP contribution in [0.3, 0.4) is 0 Å². The molecule has 6 heteroatoms. The Morgan fingerprint density at radius 2 is 2.11 bits per heavy atom. The second-order valence-electron chi connectivity index (χ2n) is 4.50. The molecule has 2 N–H and O–H groups in total. The van der Waals surface area contributed by atoms with Gasteiger partial charge in [-0.25, -0.2) is 9.18 Å². The number of benzene rings is 1. The van der Waals surface area contributed by atoms with E-state index in [1.165, 1.54) is 23.1 Å². The zero-order valence-electron chi connectivity index (χ0n) is 10.5. The van der Waals surface area contributed by atoms with Crippen LogP contribution in [0.2, 0.25) is 0 Å². The van der Waals surface area contributed by atoms with E-state index in [2.05, 4.69) is 5.32 Å². The van der Waals surface area contributed by atoms with E-state index < -0.39 is 23.7 Å². The van der Waals surface area contributed by atoms with Gasteiger partial charge >= 0.3 is 5.97 Å². The summed E-state index contributed by atoms with van der Waals surface area (Å²) in [4.78, 5) is 24.8. The first-order chi connectivity index (χ1) is 9.02. The Labute approximate surface area is 110 Å². The van der Waals surface area contributed by atoms with Crippen LogP contribution in [0.4, 0.5) is 4.39 Å². The maximum absolute atomic E-state index is 13.6. The van der Waals surface area contributed by atoms with Crippen molar-refractivity contribution < 1.29 is 19.1 Å². The molecule has 0 radical (unpaired) electrons. The molecule has 1 heterocycles. The molecular weight excluding hydrogens is 251 g/mol. The van der Waals surface area contributed by atoms with Crippen LogP contribution in [-0.4, -0.2) is 47.1 Å². The Hall–Kier alpha value is -1.95. The summed E-state index contributed by atoms with van der Waals surface area (Å²) in [5, 5.41) is 12.2. The molecule has 0 saturated carbocycles. The van der Waals surface area contributed by atoms with Gasteiger partial charge < -0.3 is 15.3 Å². The largest absolute Gasteiger partial charge is 0.480 e. The zero-order valence-corrected chi connectivity index (χ0v) is 10.5. The number of rotatable bonds is 2. The maximum atomic E-state index is 13.6. The average molecular weight is 266 g/mol. The minimum atomic E-state index is -1.09. The molecule has 19 heavy (non-hydrogen) atoms. The molecule has 1 aliphatic heterocycles. The summed E-state index contributed by atoms with van der Waals surface area (Å²) in [6.45, 7) is 2.43. The Bertz CT molecular complexity index is 506. The van der Waals surface area contributed by atoms with Crippen LogP contribution in [-0.2, 0) is 4.79 Å². The van der Waals surface area contributed by atoms with Crippen LogP contribution in [0.15, 0.2) is 24.3 Å². The van der Waals surface area contributed by atoms with E-state index in [1.54, 1.807) is 13.0 Å². The molecule has 2 rings (SSSR count). The molecule has 2 unspecified atom stereocenters. The summed E-state index contributed by atoms with van der Waals surface area (Å²) >= 11 is 0. The van der Waals surface area contributed by atoms with E-state index in [0.717, 1.165) is 0 Å². The van der Waals surface area contributed by atoms with E-state index in [9.17, 15) is 19.1 Å². The van der Waals surface area contributed by atoms with Gasteiger partial charge in [-0.05, 0) is 19.1 Å². The third kappa shape index (κ3) is 2.58. The lowest BCUT2D eigenvalue weighted by Crippen LogP contribution is -2.61. The van der Waals surface area contributed by atoms with Gasteiger partial charge in [0, 0.05) is 19.1 Å². The van der Waals surface area contributed by atoms with Crippen LogP contribution in [0, 0.1) is 5.82 Å². The fourth-order valence-corrected chi connectivity index (χ4v) is 2.30. The highest BCUT2D eigenvalue weighted by Gasteiger charge is 2.37. The van der Waals surface area contributed by atoms with Gasteiger partial charge in [0.05, 0.1) is 5.56 Å².